The predicted octanol–water partition coefficient (Wildman–Crippen LogP) is 3.45. The van der Waals surface area contributed by atoms with E-state index in [1.165, 1.54) is 5.56 Å². The fourth-order valence-corrected chi connectivity index (χ4v) is 2.82. The molecule has 0 atom stereocenters. The van der Waals surface area contributed by atoms with E-state index in [9.17, 15) is 0 Å². The van der Waals surface area contributed by atoms with Crippen LogP contribution in [0.4, 0.5) is 5.82 Å². The summed E-state index contributed by atoms with van der Waals surface area (Å²) in [5, 5.41) is 0. The van der Waals surface area contributed by atoms with Gasteiger partial charge in [-0.3, -0.25) is 0 Å². The van der Waals surface area contributed by atoms with Crippen LogP contribution in [-0.2, 0) is 13.0 Å². The number of nitrogens with zero attached hydrogens (tertiary/aromatic N) is 4. The number of nitrogen functional groups attached to an aromatic ring is 1. The van der Waals surface area contributed by atoms with Gasteiger partial charge in [-0.05, 0) is 30.5 Å². The molecule has 0 fully saturated rings. The Balaban J connectivity index is 1.64. The molecule has 0 spiro atoms. The number of rotatable bonds is 10. The van der Waals surface area contributed by atoms with Crippen molar-refractivity contribution in [3.05, 3.63) is 36.2 Å². The fraction of sp³-hybridized carbons (Fsp3) is 0.421. The maximum absolute atomic E-state index is 5.99. The number of aryl methyl sites for hydroxylation is 1. The molecular weight excluding hydrogens is 366 g/mol. The fourth-order valence-electron chi connectivity index (χ4n) is 2.60. The smallest absolute Gasteiger partial charge is 0.320 e. The molecule has 27 heavy (non-hydrogen) atoms. The lowest BCUT2D eigenvalue weighted by Crippen LogP contribution is -2.09. The number of unbranched alkanes of at least 4 members (excludes halogenated alkanes) is 1. The van der Waals surface area contributed by atoms with E-state index in [0.29, 0.717) is 42.6 Å². The number of aromatic nitrogens is 4. The minimum Gasteiger partial charge on any atom is -0.492 e. The SMILES string of the molecule is CCCCOc1nc(N)c2ncn(CCOc3ccc(CCCl)cc3)c2n1. The Morgan fingerprint density at radius 3 is 2.67 bits per heavy atom. The second-order valence-corrected chi connectivity index (χ2v) is 6.51. The summed E-state index contributed by atoms with van der Waals surface area (Å²) in [6.45, 7) is 3.74. The first kappa shape index (κ1) is 19.2. The number of imidazole rings is 1. The summed E-state index contributed by atoms with van der Waals surface area (Å²) in [7, 11) is 0. The van der Waals surface area contributed by atoms with Crippen LogP contribution in [0, 0.1) is 0 Å². The van der Waals surface area contributed by atoms with Crippen LogP contribution >= 0.6 is 11.6 Å². The highest BCUT2D eigenvalue weighted by atomic mass is 35.5. The van der Waals surface area contributed by atoms with Gasteiger partial charge in [0.05, 0.1) is 19.5 Å². The third-order valence-electron chi connectivity index (χ3n) is 4.11. The summed E-state index contributed by atoms with van der Waals surface area (Å²) in [6, 6.07) is 8.24. The Bertz CT molecular complexity index is 866. The van der Waals surface area contributed by atoms with Crippen LogP contribution in [0.15, 0.2) is 30.6 Å². The van der Waals surface area contributed by atoms with Gasteiger partial charge in [0.1, 0.15) is 12.4 Å². The van der Waals surface area contributed by atoms with Crippen molar-refractivity contribution in [3.63, 3.8) is 0 Å². The van der Waals surface area contributed by atoms with Gasteiger partial charge >= 0.3 is 6.01 Å². The number of hydrogen-bond acceptors (Lipinski definition) is 6. The predicted molar refractivity (Wildman–Crippen MR) is 106 cm³/mol. The number of halogens is 1. The largest absolute Gasteiger partial charge is 0.492 e. The number of fused-ring (bicyclic) bond motifs is 1. The van der Waals surface area contributed by atoms with Crippen molar-refractivity contribution < 1.29 is 9.47 Å². The number of hydrogen-bond donors (Lipinski definition) is 1. The molecule has 0 bridgehead atoms. The van der Waals surface area contributed by atoms with E-state index in [2.05, 4.69) is 21.9 Å². The second kappa shape index (κ2) is 9.41. The van der Waals surface area contributed by atoms with Crippen molar-refractivity contribution in [1.29, 1.82) is 0 Å². The van der Waals surface area contributed by atoms with Crippen molar-refractivity contribution >= 4 is 28.6 Å². The van der Waals surface area contributed by atoms with Gasteiger partial charge in [-0.15, -0.1) is 11.6 Å². The Kier molecular flexibility index (Phi) is 6.70. The molecule has 8 heteroatoms. The first-order valence-corrected chi connectivity index (χ1v) is 9.63. The minimum absolute atomic E-state index is 0.283. The van der Waals surface area contributed by atoms with E-state index >= 15 is 0 Å². The molecule has 0 unspecified atom stereocenters. The normalized spacial score (nSPS) is 11.0. The summed E-state index contributed by atoms with van der Waals surface area (Å²) >= 11 is 5.75. The summed E-state index contributed by atoms with van der Waals surface area (Å²) in [6.07, 6.45) is 4.53. The molecule has 0 amide bonds. The highest BCUT2D eigenvalue weighted by Gasteiger charge is 2.12. The monoisotopic (exact) mass is 389 g/mol. The van der Waals surface area contributed by atoms with Gasteiger partial charge in [-0.2, -0.15) is 9.97 Å². The highest BCUT2D eigenvalue weighted by molar-refractivity contribution is 6.17. The molecule has 0 saturated carbocycles. The standard InChI is InChI=1S/C19H24ClN5O2/c1-2-3-11-27-19-23-17(21)16-18(24-19)25(13-22-16)10-12-26-15-6-4-14(5-7-15)8-9-20/h4-7,13H,2-3,8-12H2,1H3,(H2,21,23,24). The van der Waals surface area contributed by atoms with E-state index in [0.717, 1.165) is 25.0 Å². The van der Waals surface area contributed by atoms with Crippen LogP contribution in [0.5, 0.6) is 11.8 Å². The van der Waals surface area contributed by atoms with Crippen molar-refractivity contribution in [2.24, 2.45) is 0 Å². The lowest BCUT2D eigenvalue weighted by Gasteiger charge is -2.09. The molecule has 0 aliphatic rings. The molecule has 2 heterocycles. The molecule has 0 aliphatic carbocycles. The summed E-state index contributed by atoms with van der Waals surface area (Å²) in [4.78, 5) is 12.9. The number of benzene rings is 1. The molecular formula is C19H24ClN5O2. The Morgan fingerprint density at radius 2 is 1.93 bits per heavy atom. The zero-order chi connectivity index (χ0) is 19.1. The van der Waals surface area contributed by atoms with Gasteiger partial charge in [0, 0.05) is 5.88 Å². The van der Waals surface area contributed by atoms with E-state index in [-0.39, 0.29) is 6.01 Å². The van der Waals surface area contributed by atoms with Crippen LogP contribution in [0.3, 0.4) is 0 Å². The number of nitrogens with two attached hydrogens (primary N) is 1. The summed E-state index contributed by atoms with van der Waals surface area (Å²) in [5.41, 5.74) is 8.40. The van der Waals surface area contributed by atoms with Crippen LogP contribution in [0.2, 0.25) is 0 Å². The third-order valence-corrected chi connectivity index (χ3v) is 4.30. The molecule has 0 aliphatic heterocycles. The molecule has 3 aromatic rings. The van der Waals surface area contributed by atoms with Crippen LogP contribution in [0.25, 0.3) is 11.2 Å². The third kappa shape index (κ3) is 5.01. The maximum atomic E-state index is 5.99. The summed E-state index contributed by atoms with van der Waals surface area (Å²) < 4.78 is 13.3. The second-order valence-electron chi connectivity index (χ2n) is 6.14. The Hall–Kier alpha value is -2.54. The molecule has 2 aromatic heterocycles. The Labute approximate surface area is 163 Å². The molecule has 1 aromatic carbocycles. The first-order valence-electron chi connectivity index (χ1n) is 9.10. The van der Waals surface area contributed by atoms with Crippen molar-refractivity contribution in [3.8, 4) is 11.8 Å². The molecule has 7 nitrogen and oxygen atoms in total. The van der Waals surface area contributed by atoms with E-state index in [4.69, 9.17) is 26.8 Å². The highest BCUT2D eigenvalue weighted by Crippen LogP contribution is 2.20. The van der Waals surface area contributed by atoms with Crippen molar-refractivity contribution in [1.82, 2.24) is 19.5 Å². The maximum Gasteiger partial charge on any atom is 0.320 e. The summed E-state index contributed by atoms with van der Waals surface area (Å²) in [5.74, 6) is 1.75. The van der Waals surface area contributed by atoms with E-state index in [1.807, 2.05) is 28.8 Å². The van der Waals surface area contributed by atoms with E-state index < -0.39 is 0 Å². The Morgan fingerprint density at radius 1 is 1.11 bits per heavy atom. The number of alkyl halides is 1. The van der Waals surface area contributed by atoms with Crippen LogP contribution < -0.4 is 15.2 Å². The molecule has 3 rings (SSSR count). The van der Waals surface area contributed by atoms with Gasteiger partial charge in [0.25, 0.3) is 0 Å². The number of anilines is 1. The van der Waals surface area contributed by atoms with Crippen molar-refractivity contribution in [2.45, 2.75) is 32.7 Å². The van der Waals surface area contributed by atoms with Gasteiger partial charge in [0.15, 0.2) is 17.0 Å². The quantitative estimate of drug-likeness (QED) is 0.422. The lowest BCUT2D eigenvalue weighted by atomic mass is 10.2. The molecule has 0 radical (unpaired) electrons. The molecule has 2 N–H and O–H groups in total. The van der Waals surface area contributed by atoms with Gasteiger partial charge < -0.3 is 19.8 Å². The first-order chi connectivity index (χ1) is 13.2. The van der Waals surface area contributed by atoms with Gasteiger partial charge in [-0.25, -0.2) is 4.98 Å². The zero-order valence-electron chi connectivity index (χ0n) is 15.4. The molecule has 144 valence electrons. The topological polar surface area (TPSA) is 88.1 Å². The number of ether oxygens (including phenoxy) is 2. The average molecular weight is 390 g/mol. The lowest BCUT2D eigenvalue weighted by molar-refractivity contribution is 0.285. The van der Waals surface area contributed by atoms with Crippen molar-refractivity contribution in [2.75, 3.05) is 24.8 Å². The van der Waals surface area contributed by atoms with Crippen LogP contribution in [0.1, 0.15) is 25.3 Å². The van der Waals surface area contributed by atoms with Gasteiger partial charge in [-0.1, -0.05) is 25.5 Å². The van der Waals surface area contributed by atoms with E-state index in [1.54, 1.807) is 6.33 Å². The van der Waals surface area contributed by atoms with Gasteiger partial charge in [0.2, 0.25) is 0 Å². The zero-order valence-corrected chi connectivity index (χ0v) is 16.2. The minimum atomic E-state index is 0.283. The molecule has 0 saturated heterocycles. The van der Waals surface area contributed by atoms with Crippen LogP contribution in [-0.4, -0.2) is 38.6 Å². The average Bonchev–Trinajstić information content (AvgIpc) is 3.07.